The molecule has 3 rings (SSSR count). The Labute approximate surface area is 127 Å². The molecule has 2 aliphatic heterocycles. The fourth-order valence-electron chi connectivity index (χ4n) is 2.81. The molecule has 1 aromatic rings. The first kappa shape index (κ1) is 13.8. The van der Waals surface area contributed by atoms with Crippen molar-refractivity contribution in [1.29, 1.82) is 0 Å². The van der Waals surface area contributed by atoms with Crippen LogP contribution < -0.4 is 10.2 Å². The first-order valence-corrected chi connectivity index (χ1v) is 7.51. The highest BCUT2D eigenvalue weighted by atomic mass is 15.4. The van der Waals surface area contributed by atoms with E-state index in [0.29, 0.717) is 12.0 Å². The molecule has 0 spiro atoms. The van der Waals surface area contributed by atoms with Gasteiger partial charge in [0.1, 0.15) is 5.82 Å². The zero-order chi connectivity index (χ0) is 15.0. The van der Waals surface area contributed by atoms with Crippen LogP contribution in [0, 0.1) is 0 Å². The maximum absolute atomic E-state index is 4.06. The summed E-state index contributed by atoms with van der Waals surface area (Å²) in [5, 5.41) is 3.18. The topological polar surface area (TPSA) is 18.5 Å². The van der Waals surface area contributed by atoms with Gasteiger partial charge >= 0.3 is 0 Å². The monoisotopic (exact) mass is 281 g/mol. The van der Waals surface area contributed by atoms with Crippen LogP contribution in [0.2, 0.25) is 0 Å². The number of anilines is 1. The molecule has 2 aliphatic rings. The number of nitrogens with zero attached hydrogens (tertiary/aromatic N) is 2. The first-order chi connectivity index (χ1) is 10.0. The Morgan fingerprint density at radius 1 is 1.14 bits per heavy atom. The number of benzene rings is 1. The minimum atomic E-state index is 0.485. The lowest BCUT2D eigenvalue weighted by atomic mass is 10.0. The summed E-state index contributed by atoms with van der Waals surface area (Å²) in [6.07, 6.45) is 4.07. The van der Waals surface area contributed by atoms with E-state index in [1.165, 1.54) is 11.3 Å². The van der Waals surface area contributed by atoms with Crippen LogP contribution in [-0.4, -0.2) is 24.0 Å². The highest BCUT2D eigenvalue weighted by Gasteiger charge is 2.32. The van der Waals surface area contributed by atoms with E-state index in [-0.39, 0.29) is 0 Å². The summed E-state index contributed by atoms with van der Waals surface area (Å²) in [6.45, 7) is 14.5. The summed E-state index contributed by atoms with van der Waals surface area (Å²) in [5.41, 5.74) is 3.60. The van der Waals surface area contributed by atoms with E-state index in [9.17, 15) is 0 Å². The summed E-state index contributed by atoms with van der Waals surface area (Å²) < 4.78 is 0. The van der Waals surface area contributed by atoms with Crippen molar-refractivity contribution in [3.63, 3.8) is 0 Å². The molecular weight excluding hydrogens is 258 g/mol. The molecule has 0 saturated carbocycles. The molecule has 0 aliphatic carbocycles. The van der Waals surface area contributed by atoms with Crippen LogP contribution in [0.15, 0.2) is 61.2 Å². The molecule has 3 nitrogen and oxygen atoms in total. The molecule has 0 bridgehead atoms. The summed E-state index contributed by atoms with van der Waals surface area (Å²) >= 11 is 0. The summed E-state index contributed by atoms with van der Waals surface area (Å²) in [4.78, 5) is 4.60. The molecule has 0 aromatic heterocycles. The lowest BCUT2D eigenvalue weighted by Crippen LogP contribution is -2.59. The summed E-state index contributed by atoms with van der Waals surface area (Å²) in [5.74, 6) is 1.51. The predicted octanol–water partition coefficient (Wildman–Crippen LogP) is 3.40. The van der Waals surface area contributed by atoms with Gasteiger partial charge in [-0.2, -0.15) is 0 Å². The Morgan fingerprint density at radius 3 is 2.38 bits per heavy atom. The van der Waals surface area contributed by atoms with Crippen LogP contribution in [0.1, 0.15) is 25.3 Å². The van der Waals surface area contributed by atoms with E-state index < -0.39 is 0 Å². The summed E-state index contributed by atoms with van der Waals surface area (Å²) in [6, 6.07) is 9.41. The molecule has 2 heterocycles. The Bertz CT molecular complexity index is 577. The van der Waals surface area contributed by atoms with E-state index in [0.717, 1.165) is 24.6 Å². The molecular formula is C18H23N3. The van der Waals surface area contributed by atoms with E-state index in [2.05, 4.69) is 72.6 Å². The smallest absolute Gasteiger partial charge is 0.103 e. The molecule has 0 radical (unpaired) electrons. The number of hydrogen-bond acceptors (Lipinski definition) is 3. The Hall–Kier alpha value is -2.16. The van der Waals surface area contributed by atoms with Crippen molar-refractivity contribution in [2.45, 2.75) is 25.8 Å². The summed E-state index contributed by atoms with van der Waals surface area (Å²) in [7, 11) is 0. The van der Waals surface area contributed by atoms with Crippen molar-refractivity contribution in [3.8, 4) is 0 Å². The van der Waals surface area contributed by atoms with Gasteiger partial charge in [-0.15, -0.1) is 0 Å². The highest BCUT2D eigenvalue weighted by Crippen LogP contribution is 2.28. The molecule has 1 fully saturated rings. The van der Waals surface area contributed by atoms with Gasteiger partial charge in [0.05, 0.1) is 6.04 Å². The average molecular weight is 281 g/mol. The first-order valence-electron chi connectivity index (χ1n) is 7.51. The SMILES string of the molecule is C=C1C=CN(C2CN(c3ccc(C(C)C)cc3)C2)C(=C)N1. The Kier molecular flexibility index (Phi) is 3.50. The van der Waals surface area contributed by atoms with Gasteiger partial charge in [0.25, 0.3) is 0 Å². The van der Waals surface area contributed by atoms with Crippen LogP contribution in [0.25, 0.3) is 0 Å². The van der Waals surface area contributed by atoms with Crippen LogP contribution in [0.5, 0.6) is 0 Å². The third-order valence-corrected chi connectivity index (χ3v) is 4.23. The van der Waals surface area contributed by atoms with Crippen molar-refractivity contribution in [3.05, 3.63) is 66.8 Å². The Balaban J connectivity index is 1.62. The second kappa shape index (κ2) is 5.32. The van der Waals surface area contributed by atoms with Crippen LogP contribution in [0.3, 0.4) is 0 Å². The maximum Gasteiger partial charge on any atom is 0.103 e. The van der Waals surface area contributed by atoms with Crippen molar-refractivity contribution in [1.82, 2.24) is 10.2 Å². The van der Waals surface area contributed by atoms with E-state index in [1.54, 1.807) is 0 Å². The molecule has 3 heteroatoms. The van der Waals surface area contributed by atoms with E-state index in [4.69, 9.17) is 0 Å². The van der Waals surface area contributed by atoms with Gasteiger partial charge in [0, 0.05) is 30.7 Å². The fourth-order valence-corrected chi connectivity index (χ4v) is 2.81. The average Bonchev–Trinajstić information content (AvgIpc) is 2.40. The minimum absolute atomic E-state index is 0.485. The van der Waals surface area contributed by atoms with Crippen molar-refractivity contribution < 1.29 is 0 Å². The highest BCUT2D eigenvalue weighted by molar-refractivity contribution is 5.51. The van der Waals surface area contributed by atoms with Gasteiger partial charge in [0.15, 0.2) is 0 Å². The fraction of sp³-hybridized carbons (Fsp3) is 0.333. The van der Waals surface area contributed by atoms with Gasteiger partial charge in [-0.25, -0.2) is 0 Å². The van der Waals surface area contributed by atoms with Gasteiger partial charge < -0.3 is 15.1 Å². The van der Waals surface area contributed by atoms with Gasteiger partial charge in [-0.3, -0.25) is 0 Å². The van der Waals surface area contributed by atoms with Crippen LogP contribution in [0.4, 0.5) is 5.69 Å². The Morgan fingerprint density at radius 2 is 1.81 bits per heavy atom. The zero-order valence-electron chi connectivity index (χ0n) is 12.8. The van der Waals surface area contributed by atoms with Crippen molar-refractivity contribution in [2.75, 3.05) is 18.0 Å². The normalized spacial score (nSPS) is 19.0. The minimum Gasteiger partial charge on any atom is -0.367 e. The molecule has 1 aromatic carbocycles. The lowest BCUT2D eigenvalue weighted by molar-refractivity contribution is 0.268. The third kappa shape index (κ3) is 2.68. The zero-order valence-corrected chi connectivity index (χ0v) is 12.8. The van der Waals surface area contributed by atoms with Crippen molar-refractivity contribution >= 4 is 5.69 Å². The number of allylic oxidation sites excluding steroid dienone is 1. The largest absolute Gasteiger partial charge is 0.367 e. The second-order valence-electron chi connectivity index (χ2n) is 6.12. The number of nitrogens with one attached hydrogen (secondary N) is 1. The molecule has 1 saturated heterocycles. The molecule has 21 heavy (non-hydrogen) atoms. The van der Waals surface area contributed by atoms with E-state index in [1.807, 2.05) is 6.08 Å². The predicted molar refractivity (Wildman–Crippen MR) is 88.9 cm³/mol. The third-order valence-electron chi connectivity index (χ3n) is 4.23. The molecule has 0 unspecified atom stereocenters. The van der Waals surface area contributed by atoms with Crippen molar-refractivity contribution in [2.24, 2.45) is 0 Å². The molecule has 0 atom stereocenters. The number of rotatable bonds is 3. The molecule has 1 N–H and O–H groups in total. The second-order valence-corrected chi connectivity index (χ2v) is 6.12. The molecule has 0 amide bonds. The lowest BCUT2D eigenvalue weighted by Gasteiger charge is -2.47. The van der Waals surface area contributed by atoms with Crippen LogP contribution >= 0.6 is 0 Å². The van der Waals surface area contributed by atoms with Crippen LogP contribution in [-0.2, 0) is 0 Å². The molecule has 110 valence electrons. The van der Waals surface area contributed by atoms with Gasteiger partial charge in [-0.1, -0.05) is 39.1 Å². The van der Waals surface area contributed by atoms with Gasteiger partial charge in [0.2, 0.25) is 0 Å². The standard InChI is InChI=1S/C18H23N3/c1-13(2)16-5-7-17(8-6-16)20-11-18(12-20)21-10-9-14(3)19-15(21)4/h5-10,13,18-19H,3-4,11-12H2,1-2H3. The quantitative estimate of drug-likeness (QED) is 0.916. The number of hydrogen-bond donors (Lipinski definition) is 1. The van der Waals surface area contributed by atoms with Gasteiger partial charge in [-0.05, 0) is 29.7 Å². The van der Waals surface area contributed by atoms with E-state index >= 15 is 0 Å². The maximum atomic E-state index is 4.06.